The molecule has 2 heterocycles. The number of aromatic nitrogens is 2. The zero-order valence-corrected chi connectivity index (χ0v) is 10.4. The van der Waals surface area contributed by atoms with E-state index in [1.807, 2.05) is 0 Å². The standard InChI is InChI=1S/C12H21N3O2/c1-2-4-11-13-12(17-14-11)8-15-6-3-5-10(7-15)9-16/h10,16H,2-9H2,1H3. The highest BCUT2D eigenvalue weighted by Gasteiger charge is 2.20. The molecule has 5 heteroatoms. The summed E-state index contributed by atoms with van der Waals surface area (Å²) in [6.45, 7) is 5.09. The third-order valence-electron chi connectivity index (χ3n) is 3.20. The Morgan fingerprint density at radius 3 is 3.18 bits per heavy atom. The Labute approximate surface area is 102 Å². The highest BCUT2D eigenvalue weighted by atomic mass is 16.5. The minimum Gasteiger partial charge on any atom is -0.396 e. The topological polar surface area (TPSA) is 62.4 Å². The fourth-order valence-electron chi connectivity index (χ4n) is 2.31. The molecule has 0 aromatic carbocycles. The number of hydrogen-bond acceptors (Lipinski definition) is 5. The van der Waals surface area contributed by atoms with Crippen LogP contribution in [0.15, 0.2) is 4.52 Å². The van der Waals surface area contributed by atoms with Gasteiger partial charge in [-0.2, -0.15) is 4.98 Å². The van der Waals surface area contributed by atoms with Crippen molar-refractivity contribution >= 4 is 0 Å². The Balaban J connectivity index is 1.86. The van der Waals surface area contributed by atoms with Crippen molar-refractivity contribution < 1.29 is 9.63 Å². The first-order chi connectivity index (χ1) is 8.31. The molecule has 1 atom stereocenters. The maximum absolute atomic E-state index is 9.17. The van der Waals surface area contributed by atoms with Gasteiger partial charge >= 0.3 is 0 Å². The van der Waals surface area contributed by atoms with E-state index >= 15 is 0 Å². The van der Waals surface area contributed by atoms with Gasteiger partial charge in [-0.25, -0.2) is 0 Å². The first-order valence-electron chi connectivity index (χ1n) is 6.46. The second kappa shape index (κ2) is 6.12. The van der Waals surface area contributed by atoms with Gasteiger partial charge in [-0.05, 0) is 31.7 Å². The monoisotopic (exact) mass is 239 g/mol. The summed E-state index contributed by atoms with van der Waals surface area (Å²) in [5, 5.41) is 13.1. The van der Waals surface area contributed by atoms with Gasteiger partial charge in [-0.1, -0.05) is 12.1 Å². The van der Waals surface area contributed by atoms with Crippen LogP contribution < -0.4 is 0 Å². The van der Waals surface area contributed by atoms with Gasteiger partial charge in [0.1, 0.15) is 0 Å². The summed E-state index contributed by atoms with van der Waals surface area (Å²) >= 11 is 0. The average molecular weight is 239 g/mol. The summed E-state index contributed by atoms with van der Waals surface area (Å²) in [5.41, 5.74) is 0. The molecule has 1 fully saturated rings. The van der Waals surface area contributed by atoms with Crippen LogP contribution in [0.5, 0.6) is 0 Å². The summed E-state index contributed by atoms with van der Waals surface area (Å²) in [5.74, 6) is 1.91. The molecule has 1 unspecified atom stereocenters. The maximum atomic E-state index is 9.17. The fourth-order valence-corrected chi connectivity index (χ4v) is 2.31. The minimum atomic E-state index is 0.279. The molecular weight excluding hydrogens is 218 g/mol. The van der Waals surface area contributed by atoms with Crippen LogP contribution in [0.25, 0.3) is 0 Å². The Kier molecular flexibility index (Phi) is 4.50. The minimum absolute atomic E-state index is 0.279. The molecule has 0 bridgehead atoms. The quantitative estimate of drug-likeness (QED) is 0.837. The van der Waals surface area contributed by atoms with Crippen molar-refractivity contribution in [2.24, 2.45) is 5.92 Å². The van der Waals surface area contributed by atoms with E-state index in [-0.39, 0.29) is 6.61 Å². The molecule has 5 nitrogen and oxygen atoms in total. The molecule has 0 amide bonds. The average Bonchev–Trinajstić information content (AvgIpc) is 2.77. The van der Waals surface area contributed by atoms with E-state index in [4.69, 9.17) is 4.52 Å². The van der Waals surface area contributed by atoms with E-state index in [1.54, 1.807) is 0 Å². The number of nitrogens with zero attached hydrogens (tertiary/aromatic N) is 3. The third-order valence-corrected chi connectivity index (χ3v) is 3.20. The van der Waals surface area contributed by atoms with E-state index in [2.05, 4.69) is 22.0 Å². The van der Waals surface area contributed by atoms with Crippen molar-refractivity contribution in [2.45, 2.75) is 39.2 Å². The Morgan fingerprint density at radius 1 is 1.53 bits per heavy atom. The Morgan fingerprint density at radius 2 is 2.41 bits per heavy atom. The van der Waals surface area contributed by atoms with Crippen molar-refractivity contribution in [3.05, 3.63) is 11.7 Å². The van der Waals surface area contributed by atoms with Gasteiger partial charge in [0.2, 0.25) is 5.89 Å². The molecule has 96 valence electrons. The van der Waals surface area contributed by atoms with Gasteiger partial charge in [0, 0.05) is 19.6 Å². The van der Waals surface area contributed by atoms with Crippen molar-refractivity contribution in [1.29, 1.82) is 0 Å². The second-order valence-electron chi connectivity index (χ2n) is 4.78. The summed E-state index contributed by atoms with van der Waals surface area (Å²) in [6.07, 6.45) is 4.18. The number of piperidine rings is 1. The van der Waals surface area contributed by atoms with Gasteiger partial charge < -0.3 is 9.63 Å². The third kappa shape index (κ3) is 3.51. The van der Waals surface area contributed by atoms with Crippen molar-refractivity contribution in [2.75, 3.05) is 19.7 Å². The first kappa shape index (κ1) is 12.5. The lowest BCUT2D eigenvalue weighted by Crippen LogP contribution is -2.36. The van der Waals surface area contributed by atoms with E-state index < -0.39 is 0 Å². The van der Waals surface area contributed by atoms with Crippen molar-refractivity contribution in [3.8, 4) is 0 Å². The largest absolute Gasteiger partial charge is 0.396 e. The highest BCUT2D eigenvalue weighted by Crippen LogP contribution is 2.17. The maximum Gasteiger partial charge on any atom is 0.240 e. The molecule has 0 saturated carbocycles. The molecule has 2 rings (SSSR count). The second-order valence-corrected chi connectivity index (χ2v) is 4.78. The lowest BCUT2D eigenvalue weighted by molar-refractivity contribution is 0.107. The summed E-state index contributed by atoms with van der Waals surface area (Å²) in [4.78, 5) is 6.65. The Hall–Kier alpha value is -0.940. The lowest BCUT2D eigenvalue weighted by Gasteiger charge is -2.30. The lowest BCUT2D eigenvalue weighted by atomic mass is 9.99. The van der Waals surface area contributed by atoms with Crippen LogP contribution in [0.4, 0.5) is 0 Å². The van der Waals surface area contributed by atoms with Crippen molar-refractivity contribution in [1.82, 2.24) is 15.0 Å². The number of rotatable bonds is 5. The highest BCUT2D eigenvalue weighted by molar-refractivity contribution is 4.87. The summed E-state index contributed by atoms with van der Waals surface area (Å²) in [6, 6.07) is 0. The van der Waals surface area contributed by atoms with Crippen LogP contribution in [-0.2, 0) is 13.0 Å². The zero-order valence-electron chi connectivity index (χ0n) is 10.4. The molecule has 0 spiro atoms. The van der Waals surface area contributed by atoms with Gasteiger partial charge in [0.25, 0.3) is 0 Å². The summed E-state index contributed by atoms with van der Waals surface area (Å²) in [7, 11) is 0. The number of aliphatic hydroxyl groups excluding tert-OH is 1. The van der Waals surface area contributed by atoms with Crippen molar-refractivity contribution in [3.63, 3.8) is 0 Å². The molecule has 1 N–H and O–H groups in total. The van der Waals surface area contributed by atoms with Crippen LogP contribution in [0.3, 0.4) is 0 Å². The van der Waals surface area contributed by atoms with E-state index in [0.29, 0.717) is 18.4 Å². The van der Waals surface area contributed by atoms with Gasteiger partial charge in [-0.3, -0.25) is 4.90 Å². The van der Waals surface area contributed by atoms with Crippen LogP contribution in [0.1, 0.15) is 37.9 Å². The predicted molar refractivity (Wildman–Crippen MR) is 63.4 cm³/mol. The van der Waals surface area contributed by atoms with E-state index in [0.717, 1.165) is 44.6 Å². The number of aliphatic hydroxyl groups is 1. The summed E-state index contributed by atoms with van der Waals surface area (Å²) < 4.78 is 5.22. The molecule has 1 aliphatic heterocycles. The molecule has 1 aromatic heterocycles. The predicted octanol–water partition coefficient (Wildman–Crippen LogP) is 1.23. The van der Waals surface area contributed by atoms with E-state index in [1.165, 1.54) is 0 Å². The van der Waals surface area contributed by atoms with Crippen LogP contribution in [0, 0.1) is 5.92 Å². The zero-order chi connectivity index (χ0) is 12.1. The SMILES string of the molecule is CCCc1noc(CN2CCCC(CO)C2)n1. The molecule has 0 aliphatic carbocycles. The van der Waals surface area contributed by atoms with E-state index in [9.17, 15) is 5.11 Å². The molecule has 1 aliphatic rings. The molecule has 1 saturated heterocycles. The van der Waals surface area contributed by atoms with Gasteiger partial charge in [0.05, 0.1) is 6.54 Å². The van der Waals surface area contributed by atoms with Crippen LogP contribution in [0.2, 0.25) is 0 Å². The van der Waals surface area contributed by atoms with Crippen LogP contribution in [-0.4, -0.2) is 39.8 Å². The molecule has 17 heavy (non-hydrogen) atoms. The molecular formula is C12H21N3O2. The first-order valence-corrected chi connectivity index (χ1v) is 6.46. The van der Waals surface area contributed by atoms with Gasteiger partial charge in [0.15, 0.2) is 5.82 Å². The smallest absolute Gasteiger partial charge is 0.240 e. The number of likely N-dealkylation sites (tertiary alicyclic amines) is 1. The molecule has 1 aromatic rings. The number of hydrogen-bond donors (Lipinski definition) is 1. The Bertz CT molecular complexity index is 340. The van der Waals surface area contributed by atoms with Gasteiger partial charge in [-0.15, -0.1) is 0 Å². The normalized spacial score (nSPS) is 21.9. The number of aryl methyl sites for hydroxylation is 1. The fraction of sp³-hybridized carbons (Fsp3) is 0.833. The van der Waals surface area contributed by atoms with Crippen LogP contribution >= 0.6 is 0 Å². The molecule has 0 radical (unpaired) electrons.